The van der Waals surface area contributed by atoms with Gasteiger partial charge in [-0.3, -0.25) is 0 Å². The van der Waals surface area contributed by atoms with E-state index in [1.807, 2.05) is 0 Å². The second-order valence-corrected chi connectivity index (χ2v) is 23.6. The molecule has 2 aromatic heterocycles. The summed E-state index contributed by atoms with van der Waals surface area (Å²) in [7, 11) is 0. The molecule has 0 bridgehead atoms. The highest BCUT2D eigenvalue weighted by Crippen LogP contribution is 2.60. The van der Waals surface area contributed by atoms with Gasteiger partial charge in [-0.15, -0.1) is 0 Å². The molecule has 0 spiro atoms. The first-order valence-electron chi connectivity index (χ1n) is 29.7. The first-order valence-corrected chi connectivity index (χ1v) is 29.7. The third-order valence-electron chi connectivity index (χ3n) is 18.8. The minimum atomic E-state index is -0.662. The van der Waals surface area contributed by atoms with Crippen molar-refractivity contribution < 1.29 is 0 Å². The van der Waals surface area contributed by atoms with Crippen molar-refractivity contribution in [3.63, 3.8) is 0 Å². The molecule has 15 aromatic rings. The molecule has 0 radical (unpaired) electrons. The fourth-order valence-corrected chi connectivity index (χ4v) is 15.0. The Morgan fingerprint density at radius 2 is 0.741 bits per heavy atom. The number of para-hydroxylation sites is 4. The fraction of sp³-hybridized carbons (Fsp3) is 0.0488. The van der Waals surface area contributed by atoms with E-state index >= 15 is 0 Å². The Labute approximate surface area is 495 Å². The van der Waals surface area contributed by atoms with Crippen LogP contribution in [0.25, 0.3) is 99.5 Å². The number of rotatable bonds is 9. The Morgan fingerprint density at radius 1 is 0.271 bits per heavy atom. The lowest BCUT2D eigenvalue weighted by Crippen LogP contribution is -2.28. The van der Waals surface area contributed by atoms with Crippen LogP contribution in [0, 0.1) is 0 Å². The summed E-state index contributed by atoms with van der Waals surface area (Å²) in [5, 5.41) is 4.97. The predicted molar refractivity (Wildman–Crippen MR) is 356 cm³/mol. The molecule has 0 saturated heterocycles. The van der Waals surface area contributed by atoms with Gasteiger partial charge >= 0.3 is 0 Å². The minimum absolute atomic E-state index is 0.191. The number of hydrogen-bond acceptors (Lipinski definition) is 1. The molecule has 13 aromatic carbocycles. The van der Waals surface area contributed by atoms with Crippen LogP contribution >= 0.6 is 0 Å². The molecule has 85 heavy (non-hydrogen) atoms. The molecule has 2 aliphatic rings. The molecule has 17 rings (SSSR count). The highest BCUT2D eigenvalue weighted by Gasteiger charge is 2.47. The zero-order valence-electron chi connectivity index (χ0n) is 47.3. The van der Waals surface area contributed by atoms with Crippen LogP contribution in [0.3, 0.4) is 0 Å². The van der Waals surface area contributed by atoms with Crippen molar-refractivity contribution >= 4 is 60.7 Å². The van der Waals surface area contributed by atoms with Crippen molar-refractivity contribution in [3.05, 3.63) is 343 Å². The third-order valence-corrected chi connectivity index (χ3v) is 18.8. The largest absolute Gasteiger partial charge is 0.310 e. The van der Waals surface area contributed by atoms with Gasteiger partial charge in [-0.05, 0) is 169 Å². The number of fused-ring (bicyclic) bond motifs is 12. The lowest BCUT2D eigenvalue weighted by molar-refractivity contribution is 0.660. The molecule has 0 atom stereocenters. The SMILES string of the molecule is CC1(C)c2ccccc2-c2ccc(N(c3ccc(-c4ccc5c6ccccc6n(-c6ccccc6)c5c4)cc3)c3ccc4c(c3)C(c3ccccc3)(c3ccccc3)c3cccc(-c5ccc6c(c5)c5ccccc5n6-c5ccccc5)c3-4)cc21. The molecule has 3 heteroatoms. The normalized spacial score (nSPS) is 13.5. The maximum Gasteiger partial charge on any atom is 0.0714 e. The second-order valence-electron chi connectivity index (χ2n) is 23.6. The van der Waals surface area contributed by atoms with Gasteiger partial charge in [0, 0.05) is 55.4 Å². The summed E-state index contributed by atoms with van der Waals surface area (Å²) < 4.78 is 4.81. The average molecular weight is 1080 g/mol. The van der Waals surface area contributed by atoms with Crippen LogP contribution in [0.5, 0.6) is 0 Å². The van der Waals surface area contributed by atoms with Gasteiger partial charge in [-0.2, -0.15) is 0 Å². The summed E-state index contributed by atoms with van der Waals surface area (Å²) in [5.74, 6) is 0. The molecule has 0 amide bonds. The van der Waals surface area contributed by atoms with Crippen molar-refractivity contribution in [2.24, 2.45) is 0 Å². The van der Waals surface area contributed by atoms with E-state index in [4.69, 9.17) is 0 Å². The standard InChI is InChI=1S/C82H57N3/c1-81(2)72-34-18-15-30-65(72)66-47-44-62(52-74(66)81)83(61-42-38-54(39-43-61)55-40-46-69-67-31-16-19-36-76(67)85(79(69)51-55)60-28-13-6-14-29-60)63-45-48-70-75(53-63)82(57-22-7-3-8-23-57,58-24-9-4-10-25-58)73-35-21-33-64(80(70)73)56-41-49-78-71(50-56)68-32-17-20-37-77(68)84(78)59-26-11-5-12-27-59/h3-53H,1-2H3. The average Bonchev–Trinajstić information content (AvgIpc) is 1.63. The van der Waals surface area contributed by atoms with Gasteiger partial charge in [0.25, 0.3) is 0 Å². The molecule has 0 N–H and O–H groups in total. The van der Waals surface area contributed by atoms with E-state index in [2.05, 4.69) is 337 Å². The quantitative estimate of drug-likeness (QED) is 0.140. The molecule has 0 aliphatic heterocycles. The van der Waals surface area contributed by atoms with E-state index in [0.717, 1.165) is 34.0 Å². The monoisotopic (exact) mass is 1080 g/mol. The van der Waals surface area contributed by atoms with Crippen molar-refractivity contribution in [1.82, 2.24) is 9.13 Å². The molecule has 0 unspecified atom stereocenters. The zero-order valence-corrected chi connectivity index (χ0v) is 47.3. The first kappa shape index (κ1) is 48.9. The minimum Gasteiger partial charge on any atom is -0.310 e. The highest BCUT2D eigenvalue weighted by atomic mass is 15.1. The summed E-state index contributed by atoms with van der Waals surface area (Å²) in [6.45, 7) is 4.76. The summed E-state index contributed by atoms with van der Waals surface area (Å²) >= 11 is 0. The molecule has 0 saturated carbocycles. The lowest BCUT2D eigenvalue weighted by atomic mass is 9.67. The Hall–Kier alpha value is -10.7. The Bertz CT molecular complexity index is 5090. The number of aromatic nitrogens is 2. The van der Waals surface area contributed by atoms with Gasteiger partial charge in [0.2, 0.25) is 0 Å². The maximum absolute atomic E-state index is 2.52. The first-order chi connectivity index (χ1) is 41.9. The van der Waals surface area contributed by atoms with Gasteiger partial charge < -0.3 is 14.0 Å². The zero-order chi connectivity index (χ0) is 56.4. The van der Waals surface area contributed by atoms with E-state index in [-0.39, 0.29) is 5.41 Å². The summed E-state index contributed by atoms with van der Waals surface area (Å²) in [5.41, 5.74) is 27.1. The summed E-state index contributed by atoms with van der Waals surface area (Å²) in [6.07, 6.45) is 0. The van der Waals surface area contributed by atoms with Crippen LogP contribution in [0.15, 0.2) is 309 Å². The smallest absolute Gasteiger partial charge is 0.0714 e. The van der Waals surface area contributed by atoms with Crippen LogP contribution in [0.4, 0.5) is 17.1 Å². The van der Waals surface area contributed by atoms with Crippen LogP contribution in [-0.4, -0.2) is 9.13 Å². The summed E-state index contributed by atoms with van der Waals surface area (Å²) in [4.78, 5) is 2.50. The topological polar surface area (TPSA) is 13.1 Å². The van der Waals surface area contributed by atoms with Gasteiger partial charge in [0.15, 0.2) is 0 Å². The van der Waals surface area contributed by atoms with E-state index in [1.165, 1.54) is 116 Å². The maximum atomic E-state index is 2.52. The number of benzene rings is 13. The van der Waals surface area contributed by atoms with Crippen LogP contribution < -0.4 is 4.90 Å². The van der Waals surface area contributed by atoms with Gasteiger partial charge in [0.1, 0.15) is 0 Å². The van der Waals surface area contributed by atoms with Crippen LogP contribution in [0.2, 0.25) is 0 Å². The Kier molecular flexibility index (Phi) is 10.9. The van der Waals surface area contributed by atoms with Crippen molar-refractivity contribution in [1.29, 1.82) is 0 Å². The van der Waals surface area contributed by atoms with E-state index in [1.54, 1.807) is 0 Å². The highest BCUT2D eigenvalue weighted by molar-refractivity contribution is 6.12. The molecule has 2 heterocycles. The summed E-state index contributed by atoms with van der Waals surface area (Å²) in [6, 6.07) is 115. The molecule has 400 valence electrons. The molecule has 2 aliphatic carbocycles. The molecule has 0 fully saturated rings. The molecular weight excluding hydrogens is 1030 g/mol. The second kappa shape index (κ2) is 18.9. The Balaban J connectivity index is 0.874. The van der Waals surface area contributed by atoms with E-state index in [9.17, 15) is 0 Å². The van der Waals surface area contributed by atoms with Crippen LogP contribution in [0.1, 0.15) is 47.2 Å². The van der Waals surface area contributed by atoms with E-state index in [0.29, 0.717) is 0 Å². The van der Waals surface area contributed by atoms with Gasteiger partial charge in [-0.25, -0.2) is 0 Å². The fourth-order valence-electron chi connectivity index (χ4n) is 15.0. The van der Waals surface area contributed by atoms with Gasteiger partial charge in [-0.1, -0.05) is 232 Å². The lowest BCUT2D eigenvalue weighted by Gasteiger charge is -2.35. The Morgan fingerprint density at radius 3 is 1.41 bits per heavy atom. The van der Waals surface area contributed by atoms with Crippen molar-refractivity contribution in [2.45, 2.75) is 24.7 Å². The number of anilines is 3. The third kappa shape index (κ3) is 7.27. The van der Waals surface area contributed by atoms with Crippen molar-refractivity contribution in [3.8, 4) is 55.9 Å². The molecule has 3 nitrogen and oxygen atoms in total. The molecular formula is C82H57N3. The number of hydrogen-bond donors (Lipinski definition) is 0. The van der Waals surface area contributed by atoms with Crippen molar-refractivity contribution in [2.75, 3.05) is 4.90 Å². The van der Waals surface area contributed by atoms with E-state index < -0.39 is 5.41 Å². The predicted octanol–water partition coefficient (Wildman–Crippen LogP) is 21.4. The van der Waals surface area contributed by atoms with Gasteiger partial charge in [0.05, 0.1) is 27.5 Å². The number of nitrogens with zero attached hydrogens (tertiary/aromatic N) is 3. The van der Waals surface area contributed by atoms with Crippen LogP contribution in [-0.2, 0) is 10.8 Å².